The Kier molecular flexibility index (Phi) is 1.59. The molecule has 3 nitrogen and oxygen atoms in total. The fourth-order valence-electron chi connectivity index (χ4n) is 0.752. The first-order valence-corrected chi connectivity index (χ1v) is 4.29. The lowest BCUT2D eigenvalue weighted by molar-refractivity contribution is 0.406. The highest BCUT2D eigenvalue weighted by molar-refractivity contribution is 7.71. The van der Waals surface area contributed by atoms with Gasteiger partial charge in [0.15, 0.2) is 5.82 Å². The molecule has 0 spiro atoms. The van der Waals surface area contributed by atoms with Gasteiger partial charge in [0.05, 0.1) is 0 Å². The number of thiophene rings is 1. The molecule has 0 aliphatic heterocycles. The van der Waals surface area contributed by atoms with Crippen molar-refractivity contribution < 1.29 is 4.52 Å². The van der Waals surface area contributed by atoms with Crippen LogP contribution in [-0.2, 0) is 0 Å². The quantitative estimate of drug-likeness (QED) is 0.692. The van der Waals surface area contributed by atoms with E-state index < -0.39 is 0 Å². The normalized spacial score (nSPS) is 10.2. The lowest BCUT2D eigenvalue weighted by Gasteiger charge is -1.82. The molecule has 1 N–H and O–H groups in total. The number of nitrogens with zero attached hydrogens (tertiary/aromatic N) is 1. The van der Waals surface area contributed by atoms with Gasteiger partial charge in [-0.2, -0.15) is 16.3 Å². The van der Waals surface area contributed by atoms with Crippen molar-refractivity contribution in [3.63, 3.8) is 0 Å². The second-order valence-corrected chi connectivity index (χ2v) is 3.07. The predicted molar refractivity (Wildman–Crippen MR) is 45.0 cm³/mol. The summed E-state index contributed by atoms with van der Waals surface area (Å²) in [7, 11) is 0. The maximum Gasteiger partial charge on any atom is 0.314 e. The summed E-state index contributed by atoms with van der Waals surface area (Å²) in [6.07, 6.45) is 0. The molecule has 0 bridgehead atoms. The van der Waals surface area contributed by atoms with Gasteiger partial charge in [-0.15, -0.1) is 0 Å². The Balaban J connectivity index is 2.53. The lowest BCUT2D eigenvalue weighted by Crippen LogP contribution is -1.73. The molecule has 0 fully saturated rings. The van der Waals surface area contributed by atoms with Gasteiger partial charge in [0.2, 0.25) is 0 Å². The molecule has 2 aromatic heterocycles. The van der Waals surface area contributed by atoms with Crippen molar-refractivity contribution in [1.29, 1.82) is 0 Å². The first-order chi connectivity index (χ1) is 5.36. The summed E-state index contributed by atoms with van der Waals surface area (Å²) >= 11 is 6.31. The molecule has 11 heavy (non-hydrogen) atoms. The molecule has 0 aliphatic rings. The van der Waals surface area contributed by atoms with Crippen LogP contribution in [-0.4, -0.2) is 10.1 Å². The average Bonchev–Trinajstić information content (AvgIpc) is 2.55. The molecule has 5 heteroatoms. The van der Waals surface area contributed by atoms with Crippen LogP contribution in [0.4, 0.5) is 0 Å². The van der Waals surface area contributed by atoms with E-state index in [1.165, 1.54) is 0 Å². The van der Waals surface area contributed by atoms with Crippen molar-refractivity contribution in [2.24, 2.45) is 0 Å². The van der Waals surface area contributed by atoms with Gasteiger partial charge < -0.3 is 4.52 Å². The smallest absolute Gasteiger partial charge is 0.314 e. The Labute approximate surface area is 71.7 Å². The van der Waals surface area contributed by atoms with Crippen LogP contribution in [0.3, 0.4) is 0 Å². The standard InChI is InChI=1S/C6H4N2OS2/c10-6-7-5(8-9-6)4-1-2-11-3-4/h1-3H,(H,7,8,10). The van der Waals surface area contributed by atoms with Crippen molar-refractivity contribution in [3.05, 3.63) is 21.7 Å². The number of hydrogen-bond donors (Lipinski definition) is 1. The van der Waals surface area contributed by atoms with Crippen LogP contribution < -0.4 is 0 Å². The molecule has 2 aromatic rings. The third-order valence-corrected chi connectivity index (χ3v) is 2.09. The maximum absolute atomic E-state index is 4.77. The molecule has 0 unspecified atom stereocenters. The molecular weight excluding hydrogens is 180 g/mol. The summed E-state index contributed by atoms with van der Waals surface area (Å²) in [6, 6.07) is 1.95. The summed E-state index contributed by atoms with van der Waals surface area (Å²) in [5.74, 6) is 0.691. The van der Waals surface area contributed by atoms with E-state index in [9.17, 15) is 0 Å². The highest BCUT2D eigenvalue weighted by Gasteiger charge is 2.00. The molecular formula is C6H4N2OS2. The first kappa shape index (κ1) is 6.75. The molecule has 2 rings (SSSR count). The first-order valence-electron chi connectivity index (χ1n) is 2.94. The monoisotopic (exact) mass is 184 g/mol. The Bertz CT molecular complexity index is 387. The van der Waals surface area contributed by atoms with E-state index in [0.717, 1.165) is 5.56 Å². The number of rotatable bonds is 1. The van der Waals surface area contributed by atoms with Crippen LogP contribution in [0, 0.1) is 4.84 Å². The van der Waals surface area contributed by atoms with Gasteiger partial charge in [0.1, 0.15) is 0 Å². The minimum atomic E-state index is 0.242. The SMILES string of the molecule is S=c1nc(-c2ccsc2)[nH]o1. The molecule has 0 atom stereocenters. The Morgan fingerprint density at radius 2 is 2.55 bits per heavy atom. The fraction of sp³-hybridized carbons (Fsp3) is 0. The molecule has 2 heterocycles. The number of aromatic amines is 1. The topological polar surface area (TPSA) is 41.8 Å². The zero-order valence-corrected chi connectivity index (χ0v) is 7.04. The fourth-order valence-corrected chi connectivity index (χ4v) is 1.53. The molecule has 0 aliphatic carbocycles. The van der Waals surface area contributed by atoms with Gasteiger partial charge in [-0.3, -0.25) is 0 Å². The zero-order valence-electron chi connectivity index (χ0n) is 5.40. The Hall–Kier alpha value is -0.940. The Morgan fingerprint density at radius 1 is 1.64 bits per heavy atom. The lowest BCUT2D eigenvalue weighted by atomic mass is 10.3. The largest absolute Gasteiger partial charge is 0.348 e. The van der Waals surface area contributed by atoms with E-state index in [2.05, 4.69) is 10.1 Å². The van der Waals surface area contributed by atoms with E-state index >= 15 is 0 Å². The van der Waals surface area contributed by atoms with E-state index in [1.807, 2.05) is 16.8 Å². The van der Waals surface area contributed by atoms with Crippen molar-refractivity contribution in [3.8, 4) is 11.4 Å². The van der Waals surface area contributed by atoms with Gasteiger partial charge in [-0.1, -0.05) is 0 Å². The third kappa shape index (κ3) is 1.24. The van der Waals surface area contributed by atoms with E-state index in [4.69, 9.17) is 16.7 Å². The molecule has 0 amide bonds. The summed E-state index contributed by atoms with van der Waals surface area (Å²) < 4.78 is 4.77. The second kappa shape index (κ2) is 2.60. The predicted octanol–water partition coefficient (Wildman–Crippen LogP) is 2.46. The molecule has 0 radical (unpaired) electrons. The minimum Gasteiger partial charge on any atom is -0.348 e. The van der Waals surface area contributed by atoms with Crippen LogP contribution in [0.5, 0.6) is 0 Å². The van der Waals surface area contributed by atoms with Crippen LogP contribution in [0.2, 0.25) is 0 Å². The van der Waals surface area contributed by atoms with Crippen LogP contribution >= 0.6 is 23.6 Å². The van der Waals surface area contributed by atoms with Gasteiger partial charge in [-0.25, -0.2) is 5.16 Å². The number of aromatic nitrogens is 2. The van der Waals surface area contributed by atoms with Gasteiger partial charge >= 0.3 is 4.84 Å². The maximum atomic E-state index is 4.77. The number of H-pyrrole nitrogens is 1. The van der Waals surface area contributed by atoms with Gasteiger partial charge in [-0.05, 0) is 23.7 Å². The molecule has 0 saturated carbocycles. The Morgan fingerprint density at radius 3 is 3.09 bits per heavy atom. The molecule has 0 saturated heterocycles. The van der Waals surface area contributed by atoms with Crippen LogP contribution in [0.1, 0.15) is 0 Å². The third-order valence-electron chi connectivity index (χ3n) is 1.23. The van der Waals surface area contributed by atoms with Crippen LogP contribution in [0.15, 0.2) is 21.3 Å². The van der Waals surface area contributed by atoms with E-state index in [1.54, 1.807) is 11.3 Å². The molecule has 56 valence electrons. The van der Waals surface area contributed by atoms with E-state index in [0.29, 0.717) is 5.82 Å². The van der Waals surface area contributed by atoms with Gasteiger partial charge in [0.25, 0.3) is 0 Å². The van der Waals surface area contributed by atoms with Crippen molar-refractivity contribution in [1.82, 2.24) is 10.1 Å². The summed E-state index contributed by atoms with van der Waals surface area (Å²) in [4.78, 5) is 4.19. The number of hydrogen-bond acceptors (Lipinski definition) is 4. The van der Waals surface area contributed by atoms with Crippen molar-refractivity contribution in [2.45, 2.75) is 0 Å². The second-order valence-electron chi connectivity index (χ2n) is 1.94. The van der Waals surface area contributed by atoms with Gasteiger partial charge in [0, 0.05) is 10.9 Å². The van der Waals surface area contributed by atoms with Crippen molar-refractivity contribution in [2.75, 3.05) is 0 Å². The van der Waals surface area contributed by atoms with Crippen molar-refractivity contribution >= 4 is 23.6 Å². The highest BCUT2D eigenvalue weighted by atomic mass is 32.1. The zero-order chi connectivity index (χ0) is 7.68. The number of nitrogens with one attached hydrogen (secondary N) is 1. The van der Waals surface area contributed by atoms with Crippen LogP contribution in [0.25, 0.3) is 11.4 Å². The summed E-state index contributed by atoms with van der Waals surface area (Å²) in [6.45, 7) is 0. The summed E-state index contributed by atoms with van der Waals surface area (Å²) in [5.41, 5.74) is 1.01. The summed E-state index contributed by atoms with van der Waals surface area (Å²) in [5, 5.41) is 6.57. The van der Waals surface area contributed by atoms with E-state index in [-0.39, 0.29) is 4.84 Å². The molecule has 0 aromatic carbocycles. The minimum absolute atomic E-state index is 0.242. The average molecular weight is 184 g/mol. The highest BCUT2D eigenvalue weighted by Crippen LogP contribution is 2.17.